The number of benzene rings is 1. The lowest BCUT2D eigenvalue weighted by Crippen LogP contribution is -2.27. The van der Waals surface area contributed by atoms with Crippen LogP contribution >= 0.6 is 0 Å². The molecule has 0 fully saturated rings. The number of amides is 1. The second-order valence-corrected chi connectivity index (χ2v) is 3.69. The predicted molar refractivity (Wildman–Crippen MR) is 63.5 cm³/mol. The lowest BCUT2D eigenvalue weighted by Gasteiger charge is -2.06. The minimum absolute atomic E-state index is 0.0808. The zero-order chi connectivity index (χ0) is 13.4. The topological polar surface area (TPSA) is 64.3 Å². The molecule has 1 rings (SSSR count). The first-order valence-electron chi connectivity index (χ1n) is 5.62. The normalized spacial score (nSPS) is 10.4. The Hall–Kier alpha value is -1.69. The first-order valence-corrected chi connectivity index (χ1v) is 5.62. The van der Waals surface area contributed by atoms with E-state index >= 15 is 0 Å². The Bertz CT molecular complexity index is 369. The van der Waals surface area contributed by atoms with Gasteiger partial charge >= 0.3 is 6.61 Å². The number of hydrogen-bond donors (Lipinski definition) is 2. The Kier molecular flexibility index (Phi) is 6.07. The number of nitrogens with one attached hydrogen (secondary N) is 1. The fourth-order valence-electron chi connectivity index (χ4n) is 1.37. The fourth-order valence-corrected chi connectivity index (χ4v) is 1.37. The summed E-state index contributed by atoms with van der Waals surface area (Å²) < 4.78 is 28.0. The molecule has 1 amide bonds. The number of nitrogens with two attached hydrogens (primary N) is 1. The number of alkyl halides is 2. The summed E-state index contributed by atoms with van der Waals surface area (Å²) in [4.78, 5) is 11.4. The van der Waals surface area contributed by atoms with Gasteiger partial charge in [-0.1, -0.05) is 12.1 Å². The summed E-state index contributed by atoms with van der Waals surface area (Å²) in [6, 6.07) is 5.99. The molecule has 0 heterocycles. The second kappa shape index (κ2) is 7.60. The van der Waals surface area contributed by atoms with Crippen molar-refractivity contribution in [2.45, 2.75) is 19.5 Å². The van der Waals surface area contributed by atoms with Gasteiger partial charge in [0.25, 0.3) is 0 Å². The maximum atomic E-state index is 11.9. The minimum Gasteiger partial charge on any atom is -0.435 e. The van der Waals surface area contributed by atoms with Crippen LogP contribution in [-0.2, 0) is 11.2 Å². The summed E-state index contributed by atoms with van der Waals surface area (Å²) in [5.74, 6) is -0.0386. The van der Waals surface area contributed by atoms with Crippen molar-refractivity contribution in [1.29, 1.82) is 0 Å². The van der Waals surface area contributed by atoms with Crippen molar-refractivity contribution in [1.82, 2.24) is 5.32 Å². The molecule has 4 nitrogen and oxygen atoms in total. The van der Waals surface area contributed by atoms with Crippen molar-refractivity contribution >= 4 is 5.91 Å². The van der Waals surface area contributed by atoms with E-state index in [2.05, 4.69) is 10.1 Å². The van der Waals surface area contributed by atoms with Crippen LogP contribution in [0, 0.1) is 0 Å². The van der Waals surface area contributed by atoms with E-state index in [1.165, 1.54) is 12.1 Å². The fraction of sp³-hybridized carbons (Fsp3) is 0.417. The molecule has 0 aliphatic heterocycles. The van der Waals surface area contributed by atoms with Crippen molar-refractivity contribution in [3.05, 3.63) is 29.8 Å². The Morgan fingerprint density at radius 3 is 2.56 bits per heavy atom. The highest BCUT2D eigenvalue weighted by Gasteiger charge is 2.05. The van der Waals surface area contributed by atoms with E-state index in [0.717, 1.165) is 12.0 Å². The van der Waals surface area contributed by atoms with Crippen LogP contribution in [0.3, 0.4) is 0 Å². The van der Waals surface area contributed by atoms with E-state index in [4.69, 9.17) is 5.73 Å². The van der Waals surface area contributed by atoms with Crippen LogP contribution in [0.5, 0.6) is 5.75 Å². The largest absolute Gasteiger partial charge is 0.435 e. The summed E-state index contributed by atoms with van der Waals surface area (Å²) in [7, 11) is 0. The van der Waals surface area contributed by atoms with Crippen LogP contribution < -0.4 is 15.8 Å². The third kappa shape index (κ3) is 5.58. The average Bonchev–Trinajstić information content (AvgIpc) is 2.31. The first-order chi connectivity index (χ1) is 8.61. The average molecular weight is 258 g/mol. The molecule has 0 saturated carbocycles. The minimum atomic E-state index is -2.84. The van der Waals surface area contributed by atoms with Crippen molar-refractivity contribution in [3.8, 4) is 5.75 Å². The molecule has 0 unspecified atom stereocenters. The summed E-state index contributed by atoms with van der Waals surface area (Å²) in [6.07, 6.45) is 0.937. The van der Waals surface area contributed by atoms with Gasteiger partial charge in [-0.15, -0.1) is 0 Å². The molecule has 0 aliphatic rings. The van der Waals surface area contributed by atoms with E-state index in [1.807, 2.05) is 0 Å². The summed E-state index contributed by atoms with van der Waals surface area (Å²) in [5, 5.41) is 2.71. The van der Waals surface area contributed by atoms with E-state index < -0.39 is 6.61 Å². The zero-order valence-electron chi connectivity index (χ0n) is 9.86. The smallest absolute Gasteiger partial charge is 0.387 e. The molecule has 6 heteroatoms. The van der Waals surface area contributed by atoms with Gasteiger partial charge in [-0.2, -0.15) is 8.78 Å². The van der Waals surface area contributed by atoms with Gasteiger partial charge in [-0.05, 0) is 30.7 Å². The zero-order valence-corrected chi connectivity index (χ0v) is 9.86. The molecule has 0 aliphatic carbocycles. The van der Waals surface area contributed by atoms with Gasteiger partial charge < -0.3 is 15.8 Å². The lowest BCUT2D eigenvalue weighted by molar-refractivity contribution is -0.120. The Morgan fingerprint density at radius 1 is 1.33 bits per heavy atom. The third-order valence-electron chi connectivity index (χ3n) is 2.22. The molecule has 100 valence electrons. The Balaban J connectivity index is 2.40. The predicted octanol–water partition coefficient (Wildman–Crippen LogP) is 1.30. The molecular weight excluding hydrogens is 242 g/mol. The van der Waals surface area contributed by atoms with E-state index in [9.17, 15) is 13.6 Å². The highest BCUT2D eigenvalue weighted by molar-refractivity contribution is 5.78. The quantitative estimate of drug-likeness (QED) is 0.724. The molecule has 0 aromatic heterocycles. The van der Waals surface area contributed by atoms with Crippen LogP contribution in [0.25, 0.3) is 0 Å². The first kappa shape index (κ1) is 14.4. The molecule has 0 radical (unpaired) electrons. The molecule has 1 aromatic rings. The standard InChI is InChI=1S/C12H16F2N2O2/c13-12(14)18-10-4-2-9(3-5-10)8-11(17)16-7-1-6-15/h2-5,12H,1,6-8,15H2,(H,16,17). The molecule has 0 atom stereocenters. The number of rotatable bonds is 7. The highest BCUT2D eigenvalue weighted by atomic mass is 19.3. The van der Waals surface area contributed by atoms with Crippen LogP contribution in [0.1, 0.15) is 12.0 Å². The molecule has 0 bridgehead atoms. The van der Waals surface area contributed by atoms with Gasteiger partial charge in [0.2, 0.25) is 5.91 Å². The van der Waals surface area contributed by atoms with E-state index in [1.54, 1.807) is 12.1 Å². The van der Waals surface area contributed by atoms with E-state index in [0.29, 0.717) is 13.1 Å². The number of ether oxygens (including phenoxy) is 1. The van der Waals surface area contributed by atoms with Gasteiger partial charge in [-0.25, -0.2) is 0 Å². The lowest BCUT2D eigenvalue weighted by atomic mass is 10.1. The van der Waals surface area contributed by atoms with Crippen molar-refractivity contribution in [2.75, 3.05) is 13.1 Å². The van der Waals surface area contributed by atoms with Crippen molar-refractivity contribution in [2.24, 2.45) is 5.73 Å². The van der Waals surface area contributed by atoms with Gasteiger partial charge in [0, 0.05) is 6.54 Å². The molecular formula is C12H16F2N2O2. The molecule has 1 aromatic carbocycles. The molecule has 18 heavy (non-hydrogen) atoms. The van der Waals surface area contributed by atoms with Crippen molar-refractivity contribution in [3.63, 3.8) is 0 Å². The monoisotopic (exact) mass is 258 g/mol. The highest BCUT2D eigenvalue weighted by Crippen LogP contribution is 2.15. The Labute approximate surface area is 104 Å². The van der Waals surface area contributed by atoms with Crippen molar-refractivity contribution < 1.29 is 18.3 Å². The number of halogens is 2. The van der Waals surface area contributed by atoms with Crippen LogP contribution in [-0.4, -0.2) is 25.6 Å². The summed E-state index contributed by atoms with van der Waals surface area (Å²) >= 11 is 0. The second-order valence-electron chi connectivity index (χ2n) is 3.69. The Morgan fingerprint density at radius 2 is 2.00 bits per heavy atom. The molecule has 0 saturated heterocycles. The maximum absolute atomic E-state index is 11.9. The summed E-state index contributed by atoms with van der Waals surface area (Å²) in [5.41, 5.74) is 6.04. The van der Waals surface area contributed by atoms with Gasteiger partial charge in [0.1, 0.15) is 5.75 Å². The number of carbonyl (C=O) groups excluding carboxylic acids is 1. The van der Waals surface area contributed by atoms with Gasteiger partial charge in [0.15, 0.2) is 0 Å². The molecule has 3 N–H and O–H groups in total. The van der Waals surface area contributed by atoms with Crippen LogP contribution in [0.15, 0.2) is 24.3 Å². The number of hydrogen-bond acceptors (Lipinski definition) is 3. The third-order valence-corrected chi connectivity index (χ3v) is 2.22. The maximum Gasteiger partial charge on any atom is 0.387 e. The van der Waals surface area contributed by atoms with Crippen LogP contribution in [0.4, 0.5) is 8.78 Å². The molecule has 0 spiro atoms. The van der Waals surface area contributed by atoms with Gasteiger partial charge in [0.05, 0.1) is 6.42 Å². The van der Waals surface area contributed by atoms with Crippen LogP contribution in [0.2, 0.25) is 0 Å². The van der Waals surface area contributed by atoms with Gasteiger partial charge in [-0.3, -0.25) is 4.79 Å². The SMILES string of the molecule is NCCCNC(=O)Cc1ccc(OC(F)F)cc1. The summed E-state index contributed by atoms with van der Waals surface area (Å²) in [6.45, 7) is -1.77. The number of carbonyl (C=O) groups is 1. The van der Waals surface area contributed by atoms with E-state index in [-0.39, 0.29) is 18.1 Å².